The number of esters is 2. The van der Waals surface area contributed by atoms with Gasteiger partial charge in [-0.3, -0.25) is 0 Å². The Hall–Kier alpha value is -5.43. The van der Waals surface area contributed by atoms with Crippen LogP contribution < -0.4 is 18.9 Å². The van der Waals surface area contributed by atoms with Crippen LogP contribution in [0.4, 0.5) is 0 Å². The molecule has 5 rings (SSSR count). The Morgan fingerprint density at radius 2 is 0.900 bits per heavy atom. The molecule has 0 saturated carbocycles. The third-order valence-electron chi connectivity index (χ3n) is 6.08. The minimum atomic E-state index is -0.468. The largest absolute Gasteiger partial charge is 0.497 e. The van der Waals surface area contributed by atoms with Crippen molar-refractivity contribution < 1.29 is 28.5 Å². The number of methoxy groups -OCH3 is 2. The summed E-state index contributed by atoms with van der Waals surface area (Å²) < 4.78 is 21.3. The molecule has 0 bridgehead atoms. The van der Waals surface area contributed by atoms with Crippen molar-refractivity contribution in [3.05, 3.63) is 126 Å². The summed E-state index contributed by atoms with van der Waals surface area (Å²) in [5.41, 5.74) is 4.06. The molecular formula is C33H25NO6. The normalized spacial score (nSPS) is 10.4. The summed E-state index contributed by atoms with van der Waals surface area (Å²) in [6.45, 7) is 0. The molecular weight excluding hydrogens is 506 g/mol. The van der Waals surface area contributed by atoms with Gasteiger partial charge in [0.1, 0.15) is 23.0 Å². The molecule has 0 saturated heterocycles. The summed E-state index contributed by atoms with van der Waals surface area (Å²) in [5, 5.41) is 0. The molecule has 40 heavy (non-hydrogen) atoms. The van der Waals surface area contributed by atoms with Gasteiger partial charge in [-0.2, -0.15) is 0 Å². The molecule has 1 heterocycles. The SMILES string of the molecule is COc1cccc(C(=O)Oc2ccc(-c3cccc(-c4ccc(OC(=O)c5cccc(OC)c5)cc4)n3)cc2)c1. The van der Waals surface area contributed by atoms with Gasteiger partial charge in [0.2, 0.25) is 0 Å². The Balaban J connectivity index is 1.26. The highest BCUT2D eigenvalue weighted by Crippen LogP contribution is 2.27. The van der Waals surface area contributed by atoms with Crippen molar-refractivity contribution in [2.24, 2.45) is 0 Å². The number of carbonyl (C=O) groups excluding carboxylic acids is 2. The Kier molecular flexibility index (Phi) is 7.83. The Morgan fingerprint density at radius 1 is 0.500 bits per heavy atom. The van der Waals surface area contributed by atoms with Crippen molar-refractivity contribution in [1.29, 1.82) is 0 Å². The number of benzene rings is 4. The van der Waals surface area contributed by atoms with Gasteiger partial charge >= 0.3 is 11.9 Å². The fraction of sp³-hybridized carbons (Fsp3) is 0.0606. The summed E-state index contributed by atoms with van der Waals surface area (Å²) in [5.74, 6) is 1.08. The lowest BCUT2D eigenvalue weighted by atomic mass is 10.1. The minimum Gasteiger partial charge on any atom is -0.497 e. The average Bonchev–Trinajstić information content (AvgIpc) is 3.02. The van der Waals surface area contributed by atoms with Crippen LogP contribution in [0.2, 0.25) is 0 Å². The third kappa shape index (κ3) is 6.16. The van der Waals surface area contributed by atoms with Crippen molar-refractivity contribution in [1.82, 2.24) is 4.98 Å². The molecule has 1 aromatic heterocycles. The Morgan fingerprint density at radius 3 is 1.30 bits per heavy atom. The molecule has 0 fully saturated rings. The number of ether oxygens (including phenoxy) is 4. The van der Waals surface area contributed by atoms with Crippen LogP contribution in [-0.4, -0.2) is 31.1 Å². The maximum Gasteiger partial charge on any atom is 0.343 e. The smallest absolute Gasteiger partial charge is 0.343 e. The van der Waals surface area contributed by atoms with Crippen LogP contribution in [0.3, 0.4) is 0 Å². The molecule has 7 nitrogen and oxygen atoms in total. The molecule has 7 heteroatoms. The van der Waals surface area contributed by atoms with E-state index in [0.717, 1.165) is 22.5 Å². The van der Waals surface area contributed by atoms with Crippen LogP contribution in [0.25, 0.3) is 22.5 Å². The molecule has 0 aliphatic carbocycles. The van der Waals surface area contributed by atoms with E-state index in [1.165, 1.54) is 0 Å². The predicted octanol–water partition coefficient (Wildman–Crippen LogP) is 6.87. The topological polar surface area (TPSA) is 84.0 Å². The van der Waals surface area contributed by atoms with Crippen molar-refractivity contribution in [3.8, 4) is 45.5 Å². The van der Waals surface area contributed by atoms with E-state index in [1.807, 2.05) is 42.5 Å². The van der Waals surface area contributed by atoms with Gasteiger partial charge in [0, 0.05) is 11.1 Å². The van der Waals surface area contributed by atoms with Crippen molar-refractivity contribution >= 4 is 11.9 Å². The Labute approximate surface area is 231 Å². The highest BCUT2D eigenvalue weighted by molar-refractivity contribution is 5.92. The number of hydrogen-bond acceptors (Lipinski definition) is 7. The number of nitrogens with zero attached hydrogens (tertiary/aromatic N) is 1. The summed E-state index contributed by atoms with van der Waals surface area (Å²) in [7, 11) is 3.09. The molecule has 0 unspecified atom stereocenters. The molecule has 0 aliphatic heterocycles. The van der Waals surface area contributed by atoms with E-state index in [4.69, 9.17) is 23.9 Å². The van der Waals surface area contributed by atoms with Crippen molar-refractivity contribution in [2.75, 3.05) is 14.2 Å². The first-order valence-electron chi connectivity index (χ1n) is 12.4. The second kappa shape index (κ2) is 12.0. The van der Waals surface area contributed by atoms with Gasteiger partial charge in [0.05, 0.1) is 36.7 Å². The summed E-state index contributed by atoms with van der Waals surface area (Å²) >= 11 is 0. The lowest BCUT2D eigenvalue weighted by molar-refractivity contribution is 0.0725. The lowest BCUT2D eigenvalue weighted by Gasteiger charge is -2.09. The van der Waals surface area contributed by atoms with Gasteiger partial charge in [-0.15, -0.1) is 0 Å². The summed E-state index contributed by atoms with van der Waals surface area (Å²) in [4.78, 5) is 29.8. The van der Waals surface area contributed by atoms with E-state index in [1.54, 1.807) is 87.0 Å². The molecule has 0 radical (unpaired) electrons. The van der Waals surface area contributed by atoms with E-state index in [0.29, 0.717) is 34.1 Å². The predicted molar refractivity (Wildman–Crippen MR) is 151 cm³/mol. The van der Waals surface area contributed by atoms with Crippen LogP contribution in [0.1, 0.15) is 20.7 Å². The fourth-order valence-corrected chi connectivity index (χ4v) is 3.98. The van der Waals surface area contributed by atoms with Crippen LogP contribution in [-0.2, 0) is 0 Å². The van der Waals surface area contributed by atoms with E-state index >= 15 is 0 Å². The monoisotopic (exact) mass is 531 g/mol. The number of carbonyl (C=O) groups is 2. The maximum atomic E-state index is 12.5. The average molecular weight is 532 g/mol. The molecule has 0 amide bonds. The summed E-state index contributed by atoms with van der Waals surface area (Å²) in [6.07, 6.45) is 0. The first-order valence-corrected chi connectivity index (χ1v) is 12.4. The molecule has 0 atom stereocenters. The zero-order valence-corrected chi connectivity index (χ0v) is 21.9. The number of aromatic nitrogens is 1. The molecule has 198 valence electrons. The van der Waals surface area contributed by atoms with Gasteiger partial charge in [-0.05, 0) is 97.1 Å². The lowest BCUT2D eigenvalue weighted by Crippen LogP contribution is -2.08. The van der Waals surface area contributed by atoms with Crippen molar-refractivity contribution in [3.63, 3.8) is 0 Å². The third-order valence-corrected chi connectivity index (χ3v) is 6.08. The van der Waals surface area contributed by atoms with Crippen LogP contribution in [0, 0.1) is 0 Å². The molecule has 4 aromatic carbocycles. The first kappa shape index (κ1) is 26.2. The second-order valence-corrected chi connectivity index (χ2v) is 8.70. The molecule has 0 spiro atoms. The standard InChI is InChI=1S/C33H25NO6/c1-37-28-8-3-6-24(20-28)32(35)39-26-16-12-22(13-17-26)30-10-5-11-31(34-30)23-14-18-27(19-15-23)40-33(36)25-7-4-9-29(21-25)38-2/h3-21H,1-2H3. The first-order chi connectivity index (χ1) is 19.5. The highest BCUT2D eigenvalue weighted by Gasteiger charge is 2.12. The minimum absolute atomic E-state index is 0.402. The van der Waals surface area contributed by atoms with Gasteiger partial charge in [0.25, 0.3) is 0 Å². The van der Waals surface area contributed by atoms with Gasteiger partial charge in [-0.1, -0.05) is 18.2 Å². The van der Waals surface area contributed by atoms with Gasteiger partial charge in [0.15, 0.2) is 0 Å². The quantitative estimate of drug-likeness (QED) is 0.160. The zero-order chi connectivity index (χ0) is 27.9. The van der Waals surface area contributed by atoms with E-state index in [2.05, 4.69) is 0 Å². The summed E-state index contributed by atoms with van der Waals surface area (Å²) in [6, 6.07) is 33.6. The van der Waals surface area contributed by atoms with Crippen LogP contribution in [0.5, 0.6) is 23.0 Å². The maximum absolute atomic E-state index is 12.5. The van der Waals surface area contributed by atoms with E-state index in [9.17, 15) is 9.59 Å². The zero-order valence-electron chi connectivity index (χ0n) is 21.9. The van der Waals surface area contributed by atoms with Gasteiger partial charge < -0.3 is 18.9 Å². The van der Waals surface area contributed by atoms with Gasteiger partial charge in [-0.25, -0.2) is 14.6 Å². The molecule has 0 aliphatic rings. The second-order valence-electron chi connectivity index (χ2n) is 8.70. The number of pyridine rings is 1. The number of rotatable bonds is 8. The number of hydrogen-bond donors (Lipinski definition) is 0. The molecule has 0 N–H and O–H groups in total. The van der Waals surface area contributed by atoms with E-state index < -0.39 is 11.9 Å². The fourth-order valence-electron chi connectivity index (χ4n) is 3.98. The van der Waals surface area contributed by atoms with Crippen LogP contribution in [0.15, 0.2) is 115 Å². The van der Waals surface area contributed by atoms with Crippen molar-refractivity contribution in [2.45, 2.75) is 0 Å². The highest BCUT2D eigenvalue weighted by atomic mass is 16.5. The van der Waals surface area contributed by atoms with Crippen LogP contribution >= 0.6 is 0 Å². The molecule has 5 aromatic rings. The Bertz CT molecular complexity index is 1520. The van der Waals surface area contributed by atoms with E-state index in [-0.39, 0.29) is 0 Å².